The predicted octanol–water partition coefficient (Wildman–Crippen LogP) is 6.57. The Morgan fingerprint density at radius 3 is 2.58 bits per heavy atom. The first-order valence-electron chi connectivity index (χ1n) is 9.49. The lowest BCUT2D eigenvalue weighted by Crippen LogP contribution is -1.96. The van der Waals surface area contributed by atoms with Crippen LogP contribution >= 0.6 is 0 Å². The monoisotopic (exact) mass is 343 g/mol. The summed E-state index contributed by atoms with van der Waals surface area (Å²) in [4.78, 5) is 4.89. The van der Waals surface area contributed by atoms with E-state index in [1.165, 1.54) is 42.4 Å². The minimum absolute atomic E-state index is 0.277. The molecule has 0 spiro atoms. The third-order valence-electron chi connectivity index (χ3n) is 5.54. The first-order valence-corrected chi connectivity index (χ1v) is 9.49. The molecule has 1 fully saturated rings. The largest absolute Gasteiger partial charge is 0.507 e. The maximum Gasteiger partial charge on any atom is 0.124 e. The van der Waals surface area contributed by atoms with Crippen LogP contribution in [0.2, 0.25) is 0 Å². The van der Waals surface area contributed by atoms with Gasteiger partial charge in [-0.15, -0.1) is 0 Å². The number of aryl methyl sites for hydroxylation is 2. The Bertz CT molecular complexity index is 981. The summed E-state index contributed by atoms with van der Waals surface area (Å²) in [6, 6.07) is 16.3. The molecule has 0 aliphatic heterocycles. The molecule has 0 radical (unpaired) electrons. The zero-order chi connectivity index (χ0) is 18.1. The van der Waals surface area contributed by atoms with Crippen LogP contribution in [-0.2, 0) is 0 Å². The molecular formula is C24H25NO. The van der Waals surface area contributed by atoms with Crippen molar-refractivity contribution in [3.63, 3.8) is 0 Å². The third kappa shape index (κ3) is 3.12. The molecule has 1 aliphatic carbocycles. The van der Waals surface area contributed by atoms with Crippen LogP contribution in [0.4, 0.5) is 5.69 Å². The van der Waals surface area contributed by atoms with Crippen molar-refractivity contribution in [2.24, 2.45) is 4.99 Å². The van der Waals surface area contributed by atoms with Gasteiger partial charge in [-0.05, 0) is 60.6 Å². The van der Waals surface area contributed by atoms with Crippen molar-refractivity contribution in [2.75, 3.05) is 0 Å². The van der Waals surface area contributed by atoms with Crippen molar-refractivity contribution in [3.05, 3.63) is 70.8 Å². The van der Waals surface area contributed by atoms with Crippen LogP contribution in [-0.4, -0.2) is 11.3 Å². The Labute approximate surface area is 155 Å². The van der Waals surface area contributed by atoms with Gasteiger partial charge in [-0.3, -0.25) is 4.99 Å². The molecular weight excluding hydrogens is 318 g/mol. The number of benzene rings is 3. The van der Waals surface area contributed by atoms with Crippen LogP contribution in [0.5, 0.6) is 5.75 Å². The zero-order valence-electron chi connectivity index (χ0n) is 15.5. The SMILES string of the molecule is Cc1cc(C)c(N=Cc2c(O)ccc3ccccc23)c(C2CCCC2)c1. The second kappa shape index (κ2) is 6.95. The van der Waals surface area contributed by atoms with Gasteiger partial charge in [-0.25, -0.2) is 0 Å². The second-order valence-corrected chi connectivity index (χ2v) is 7.48. The van der Waals surface area contributed by atoms with Gasteiger partial charge in [0.15, 0.2) is 0 Å². The molecule has 0 bridgehead atoms. The predicted molar refractivity (Wildman–Crippen MR) is 110 cm³/mol. The van der Waals surface area contributed by atoms with Gasteiger partial charge >= 0.3 is 0 Å². The van der Waals surface area contributed by atoms with E-state index in [1.807, 2.05) is 30.5 Å². The number of hydrogen-bond acceptors (Lipinski definition) is 2. The number of aromatic hydroxyl groups is 1. The molecule has 0 saturated heterocycles. The van der Waals surface area contributed by atoms with Crippen LogP contribution in [0.3, 0.4) is 0 Å². The Balaban J connectivity index is 1.82. The normalized spacial score (nSPS) is 15.3. The summed E-state index contributed by atoms with van der Waals surface area (Å²) < 4.78 is 0. The summed E-state index contributed by atoms with van der Waals surface area (Å²) in [5.74, 6) is 0.890. The van der Waals surface area contributed by atoms with E-state index in [-0.39, 0.29) is 5.75 Å². The van der Waals surface area contributed by atoms with Crippen LogP contribution in [0.1, 0.15) is 53.9 Å². The average Bonchev–Trinajstić information content (AvgIpc) is 3.16. The molecule has 3 aromatic carbocycles. The first-order chi connectivity index (χ1) is 12.6. The zero-order valence-corrected chi connectivity index (χ0v) is 15.5. The first kappa shape index (κ1) is 16.8. The number of fused-ring (bicyclic) bond motifs is 1. The van der Waals surface area contributed by atoms with Crippen molar-refractivity contribution in [1.29, 1.82) is 0 Å². The lowest BCUT2D eigenvalue weighted by molar-refractivity contribution is 0.475. The molecule has 4 rings (SSSR count). The van der Waals surface area contributed by atoms with Crippen molar-refractivity contribution in [1.82, 2.24) is 0 Å². The average molecular weight is 343 g/mol. The smallest absolute Gasteiger partial charge is 0.124 e. The molecule has 0 amide bonds. The molecule has 2 heteroatoms. The lowest BCUT2D eigenvalue weighted by Gasteiger charge is -2.16. The van der Waals surface area contributed by atoms with Crippen LogP contribution in [0.25, 0.3) is 10.8 Å². The van der Waals surface area contributed by atoms with E-state index >= 15 is 0 Å². The molecule has 2 nitrogen and oxygen atoms in total. The van der Waals surface area contributed by atoms with Crippen molar-refractivity contribution in [2.45, 2.75) is 45.4 Å². The quantitative estimate of drug-likeness (QED) is 0.536. The fourth-order valence-electron chi connectivity index (χ4n) is 4.27. The molecule has 1 saturated carbocycles. The maximum atomic E-state index is 10.4. The van der Waals surface area contributed by atoms with Gasteiger partial charge in [0.25, 0.3) is 0 Å². The fourth-order valence-corrected chi connectivity index (χ4v) is 4.27. The summed E-state index contributed by atoms with van der Waals surface area (Å²) in [5.41, 5.74) is 5.76. The number of hydrogen-bond donors (Lipinski definition) is 1. The number of aliphatic imine (C=N–C) groups is 1. The van der Waals surface area contributed by atoms with Crippen LogP contribution in [0, 0.1) is 13.8 Å². The van der Waals surface area contributed by atoms with Gasteiger partial charge in [0.05, 0.1) is 5.69 Å². The molecule has 0 atom stereocenters. The second-order valence-electron chi connectivity index (χ2n) is 7.48. The van der Waals surface area contributed by atoms with E-state index < -0.39 is 0 Å². The van der Waals surface area contributed by atoms with Gasteiger partial charge < -0.3 is 5.11 Å². The summed E-state index contributed by atoms with van der Waals surface area (Å²) in [6.07, 6.45) is 6.97. The van der Waals surface area contributed by atoms with Crippen LogP contribution < -0.4 is 0 Å². The summed E-state index contributed by atoms with van der Waals surface area (Å²) in [5, 5.41) is 12.5. The summed E-state index contributed by atoms with van der Waals surface area (Å²) >= 11 is 0. The number of rotatable bonds is 3. The van der Waals surface area contributed by atoms with E-state index in [0.717, 1.165) is 22.0 Å². The van der Waals surface area contributed by atoms with Crippen LogP contribution in [0.15, 0.2) is 53.5 Å². The van der Waals surface area contributed by atoms with Gasteiger partial charge in [0.2, 0.25) is 0 Å². The molecule has 26 heavy (non-hydrogen) atoms. The third-order valence-corrected chi connectivity index (χ3v) is 5.54. The highest BCUT2D eigenvalue weighted by Crippen LogP contribution is 2.41. The topological polar surface area (TPSA) is 32.6 Å². The molecule has 3 aromatic rings. The van der Waals surface area contributed by atoms with E-state index in [2.05, 4.69) is 32.0 Å². The number of phenols is 1. The standard InChI is InChI=1S/C24H25NO/c1-16-13-17(2)24(21(14-16)18-7-3-4-8-18)25-15-22-20-10-6-5-9-19(20)11-12-23(22)26/h5-6,9-15,18,26H,3-4,7-8H2,1-2H3. The molecule has 0 aromatic heterocycles. The molecule has 1 aliphatic rings. The summed E-state index contributed by atoms with van der Waals surface area (Å²) in [7, 11) is 0. The fraction of sp³-hybridized carbons (Fsp3) is 0.292. The van der Waals surface area contributed by atoms with E-state index in [0.29, 0.717) is 5.92 Å². The molecule has 1 N–H and O–H groups in total. The highest BCUT2D eigenvalue weighted by molar-refractivity contribution is 6.03. The minimum atomic E-state index is 0.277. The summed E-state index contributed by atoms with van der Waals surface area (Å²) in [6.45, 7) is 4.30. The highest BCUT2D eigenvalue weighted by Gasteiger charge is 2.21. The van der Waals surface area contributed by atoms with Gasteiger partial charge in [0.1, 0.15) is 5.75 Å². The maximum absolute atomic E-state index is 10.4. The number of nitrogens with zero attached hydrogens (tertiary/aromatic N) is 1. The highest BCUT2D eigenvalue weighted by atomic mass is 16.3. The van der Waals surface area contributed by atoms with Gasteiger partial charge in [0, 0.05) is 11.8 Å². The minimum Gasteiger partial charge on any atom is -0.507 e. The Kier molecular flexibility index (Phi) is 4.50. The van der Waals surface area contributed by atoms with Crippen molar-refractivity contribution >= 4 is 22.7 Å². The molecule has 0 heterocycles. The Hall–Kier alpha value is -2.61. The van der Waals surface area contributed by atoms with E-state index in [9.17, 15) is 5.11 Å². The van der Waals surface area contributed by atoms with Crippen molar-refractivity contribution in [3.8, 4) is 5.75 Å². The molecule has 132 valence electrons. The Morgan fingerprint density at radius 2 is 1.77 bits per heavy atom. The lowest BCUT2D eigenvalue weighted by atomic mass is 9.92. The van der Waals surface area contributed by atoms with E-state index in [1.54, 1.807) is 6.07 Å². The Morgan fingerprint density at radius 1 is 1.00 bits per heavy atom. The number of phenolic OH excluding ortho intramolecular Hbond substituents is 1. The van der Waals surface area contributed by atoms with Gasteiger partial charge in [-0.2, -0.15) is 0 Å². The van der Waals surface area contributed by atoms with Gasteiger partial charge in [-0.1, -0.05) is 60.9 Å². The van der Waals surface area contributed by atoms with Crippen molar-refractivity contribution < 1.29 is 5.11 Å². The van der Waals surface area contributed by atoms with E-state index in [4.69, 9.17) is 4.99 Å². The molecule has 0 unspecified atom stereocenters.